The standard InChI is InChI=1S/C48H39BO12/c1-22-7-28(31-13-34(43(50)51)19-35(14-31)44(52)53)8-23(2)40(22)49(41-24(3)9-29(10-25(41)4)32-15-36(45(54)55)20-37(16-32)46(56)57)42-26(5)11-30(12-27(42)6)33-17-38(47(58)59)21-39(18-33)48(60)61/h7-21H,1-6H3,(H,50,51)(H,52,53)(H,54,55)(H,56,57)(H,58,59)(H,60,61). The van der Waals surface area contributed by atoms with E-state index in [2.05, 4.69) is 0 Å². The molecule has 0 saturated carbocycles. The second-order valence-electron chi connectivity index (χ2n) is 15.2. The van der Waals surface area contributed by atoms with Gasteiger partial charge in [-0.1, -0.05) is 86.2 Å². The Hall–Kier alpha value is -7.80. The van der Waals surface area contributed by atoms with E-state index in [1.54, 1.807) is 0 Å². The van der Waals surface area contributed by atoms with E-state index in [0.29, 0.717) is 33.4 Å². The summed E-state index contributed by atoms with van der Waals surface area (Å²) in [6.45, 7) is 11.0. The number of hydrogen-bond acceptors (Lipinski definition) is 6. The first-order valence-corrected chi connectivity index (χ1v) is 18.8. The van der Waals surface area contributed by atoms with Crippen LogP contribution in [0.25, 0.3) is 33.4 Å². The van der Waals surface area contributed by atoms with Crippen molar-refractivity contribution in [1.82, 2.24) is 0 Å². The van der Waals surface area contributed by atoms with E-state index in [-0.39, 0.29) is 33.4 Å². The summed E-state index contributed by atoms with van der Waals surface area (Å²) in [5.74, 6) is -7.66. The summed E-state index contributed by atoms with van der Waals surface area (Å²) in [7, 11) is 0. The van der Waals surface area contributed by atoms with Crippen LogP contribution in [0.1, 0.15) is 95.5 Å². The molecule has 0 aliphatic rings. The molecule has 13 heteroatoms. The van der Waals surface area contributed by atoms with E-state index < -0.39 is 42.5 Å². The number of carboxylic acid groups (broad SMARTS) is 6. The molecule has 306 valence electrons. The smallest absolute Gasteiger partial charge is 0.335 e. The van der Waals surface area contributed by atoms with Gasteiger partial charge in [0.25, 0.3) is 0 Å². The number of aryl methyl sites for hydroxylation is 6. The van der Waals surface area contributed by atoms with Gasteiger partial charge >= 0.3 is 35.8 Å². The van der Waals surface area contributed by atoms with E-state index in [0.717, 1.165) is 68.0 Å². The Morgan fingerprint density at radius 1 is 0.279 bits per heavy atom. The first-order valence-electron chi connectivity index (χ1n) is 18.8. The van der Waals surface area contributed by atoms with E-state index in [1.807, 2.05) is 77.9 Å². The summed E-state index contributed by atoms with van der Waals surface area (Å²) >= 11 is 0. The van der Waals surface area contributed by atoms with Crippen molar-refractivity contribution >= 4 is 58.9 Å². The summed E-state index contributed by atoms with van der Waals surface area (Å²) < 4.78 is 0. The highest BCUT2D eigenvalue weighted by molar-refractivity contribution is 6.97. The molecule has 0 aliphatic heterocycles. The molecule has 6 rings (SSSR count). The molecular formula is C48H39BO12. The van der Waals surface area contributed by atoms with Crippen molar-refractivity contribution in [2.45, 2.75) is 41.5 Å². The monoisotopic (exact) mass is 818 g/mol. The SMILES string of the molecule is Cc1cc(-c2cc(C(=O)O)cc(C(=O)O)c2)cc(C)c1B(c1c(C)cc(-c2cc(C(=O)O)cc(C(=O)O)c2)cc1C)c1c(C)cc(-c2cc(C(=O)O)cc(C(=O)O)c2)cc1C. The molecular weight excluding hydrogens is 779 g/mol. The van der Waals surface area contributed by atoms with Crippen LogP contribution in [0.3, 0.4) is 0 Å². The number of benzene rings is 6. The van der Waals surface area contributed by atoms with Crippen molar-refractivity contribution < 1.29 is 59.4 Å². The molecule has 0 radical (unpaired) electrons. The third kappa shape index (κ3) is 8.53. The molecule has 61 heavy (non-hydrogen) atoms. The van der Waals surface area contributed by atoms with E-state index in [4.69, 9.17) is 0 Å². The maximum atomic E-state index is 12.0. The third-order valence-corrected chi connectivity index (χ3v) is 10.9. The van der Waals surface area contributed by atoms with Crippen molar-refractivity contribution in [3.05, 3.63) is 158 Å². The Bertz CT molecular complexity index is 2430. The van der Waals surface area contributed by atoms with Crippen molar-refractivity contribution in [2.24, 2.45) is 0 Å². The van der Waals surface area contributed by atoms with Gasteiger partial charge in [-0.05, 0) is 130 Å². The van der Waals surface area contributed by atoms with Crippen LogP contribution in [0, 0.1) is 41.5 Å². The molecule has 0 aliphatic carbocycles. The van der Waals surface area contributed by atoms with Crippen molar-refractivity contribution in [3.63, 3.8) is 0 Å². The van der Waals surface area contributed by atoms with Crippen LogP contribution >= 0.6 is 0 Å². The quantitative estimate of drug-likeness (QED) is 0.0673. The third-order valence-electron chi connectivity index (χ3n) is 10.9. The van der Waals surface area contributed by atoms with E-state index in [9.17, 15) is 59.4 Å². The van der Waals surface area contributed by atoms with E-state index >= 15 is 0 Å². The Morgan fingerprint density at radius 2 is 0.426 bits per heavy atom. The summed E-state index contributed by atoms with van der Waals surface area (Å²) in [4.78, 5) is 72.0. The normalized spacial score (nSPS) is 10.9. The van der Waals surface area contributed by atoms with Crippen LogP contribution in [0.2, 0.25) is 0 Å². The van der Waals surface area contributed by atoms with Gasteiger partial charge in [-0.2, -0.15) is 0 Å². The van der Waals surface area contributed by atoms with Crippen molar-refractivity contribution in [3.8, 4) is 33.4 Å². The lowest BCUT2D eigenvalue weighted by molar-refractivity contribution is 0.0676. The second-order valence-corrected chi connectivity index (χ2v) is 15.2. The van der Waals surface area contributed by atoms with Crippen LogP contribution in [-0.2, 0) is 0 Å². The van der Waals surface area contributed by atoms with Gasteiger partial charge in [0, 0.05) is 0 Å². The molecule has 0 saturated heterocycles. The predicted octanol–water partition coefficient (Wildman–Crippen LogP) is 7.24. The molecule has 6 aromatic carbocycles. The highest BCUT2D eigenvalue weighted by Crippen LogP contribution is 2.30. The van der Waals surface area contributed by atoms with Gasteiger partial charge < -0.3 is 30.6 Å². The first-order chi connectivity index (χ1) is 28.6. The molecule has 0 aromatic heterocycles. The maximum absolute atomic E-state index is 12.0. The number of rotatable bonds is 12. The second kappa shape index (κ2) is 16.5. The zero-order valence-electron chi connectivity index (χ0n) is 33.9. The zero-order valence-corrected chi connectivity index (χ0v) is 33.9. The number of hydrogen-bond donors (Lipinski definition) is 6. The molecule has 6 N–H and O–H groups in total. The highest BCUT2D eigenvalue weighted by Gasteiger charge is 2.32. The Balaban J connectivity index is 1.62. The summed E-state index contributed by atoms with van der Waals surface area (Å²) in [6.07, 6.45) is 0. The fourth-order valence-electron chi connectivity index (χ4n) is 8.35. The van der Waals surface area contributed by atoms with Crippen LogP contribution < -0.4 is 16.4 Å². The lowest BCUT2D eigenvalue weighted by atomic mass is 9.33. The maximum Gasteiger partial charge on any atom is 0.335 e. The lowest BCUT2D eigenvalue weighted by Gasteiger charge is -2.28. The molecule has 12 nitrogen and oxygen atoms in total. The first kappa shape index (κ1) is 42.8. The molecule has 0 fully saturated rings. The number of carbonyl (C=O) groups is 6. The minimum absolute atomic E-state index is 0.182. The Kier molecular flexibility index (Phi) is 11.5. The van der Waals surface area contributed by atoms with E-state index in [1.165, 1.54) is 36.4 Å². The molecule has 0 bridgehead atoms. The van der Waals surface area contributed by atoms with Gasteiger partial charge in [0.2, 0.25) is 6.71 Å². The van der Waals surface area contributed by atoms with Gasteiger partial charge in [-0.25, -0.2) is 28.8 Å². The van der Waals surface area contributed by atoms with Crippen LogP contribution in [0.4, 0.5) is 0 Å². The summed E-state index contributed by atoms with van der Waals surface area (Å²) in [5, 5.41) is 58.7. The molecule has 0 spiro atoms. The molecule has 0 amide bonds. The van der Waals surface area contributed by atoms with Crippen LogP contribution in [0.15, 0.2) is 91.0 Å². The topological polar surface area (TPSA) is 224 Å². The minimum Gasteiger partial charge on any atom is -0.478 e. The summed E-state index contributed by atoms with van der Waals surface area (Å²) in [6, 6.07) is 23.1. The van der Waals surface area contributed by atoms with Gasteiger partial charge in [0.1, 0.15) is 0 Å². The average molecular weight is 819 g/mol. The minimum atomic E-state index is -1.28. The van der Waals surface area contributed by atoms with Gasteiger partial charge in [-0.15, -0.1) is 0 Å². The molecule has 6 aromatic rings. The predicted molar refractivity (Wildman–Crippen MR) is 230 cm³/mol. The Labute approximate surface area is 350 Å². The number of carboxylic acids is 6. The van der Waals surface area contributed by atoms with Crippen LogP contribution in [0.5, 0.6) is 0 Å². The lowest BCUT2D eigenvalue weighted by Crippen LogP contribution is -2.57. The molecule has 0 atom stereocenters. The van der Waals surface area contributed by atoms with Gasteiger partial charge in [-0.3, -0.25) is 0 Å². The fourth-order valence-corrected chi connectivity index (χ4v) is 8.35. The zero-order chi connectivity index (χ0) is 44.8. The fraction of sp³-hybridized carbons (Fsp3) is 0.125. The molecule has 0 unspecified atom stereocenters. The van der Waals surface area contributed by atoms with Gasteiger partial charge in [0.05, 0.1) is 33.4 Å². The summed E-state index contributed by atoms with van der Waals surface area (Å²) in [5.41, 5.74) is 9.31. The average Bonchev–Trinajstić information content (AvgIpc) is 3.19. The van der Waals surface area contributed by atoms with Crippen LogP contribution in [-0.4, -0.2) is 73.2 Å². The number of aromatic carboxylic acids is 6. The van der Waals surface area contributed by atoms with Crippen molar-refractivity contribution in [2.75, 3.05) is 0 Å². The van der Waals surface area contributed by atoms with Crippen molar-refractivity contribution in [1.29, 1.82) is 0 Å². The van der Waals surface area contributed by atoms with Gasteiger partial charge in [0.15, 0.2) is 0 Å². The molecule has 0 heterocycles. The Morgan fingerprint density at radius 3 is 0.574 bits per heavy atom. The largest absolute Gasteiger partial charge is 0.478 e. The highest BCUT2D eigenvalue weighted by atomic mass is 16.4.